The summed E-state index contributed by atoms with van der Waals surface area (Å²) in [5.41, 5.74) is 0. The molecule has 0 aromatic rings. The average molecular weight is 371 g/mol. The molecule has 4 nitrogen and oxygen atoms in total. The second-order valence-corrected chi connectivity index (χ2v) is 25.7. The minimum atomic E-state index is -2.61. The van der Waals surface area contributed by atoms with Gasteiger partial charge in [0.2, 0.25) is 6.57 Å². The number of rotatable bonds is 10. The summed E-state index contributed by atoms with van der Waals surface area (Å²) in [6.45, 7) is 10.3. The molecule has 0 amide bonds. The van der Waals surface area contributed by atoms with Crippen LogP contribution in [0.15, 0.2) is 0 Å². The van der Waals surface area contributed by atoms with Gasteiger partial charge in [-0.15, -0.1) is 0 Å². The number of hydrogen-bond acceptors (Lipinski definition) is 5. The van der Waals surface area contributed by atoms with E-state index >= 15 is 0 Å². The first-order valence-electron chi connectivity index (χ1n) is 7.44. The molecule has 1 unspecified atom stereocenters. The fourth-order valence-electron chi connectivity index (χ4n) is 1.80. The van der Waals surface area contributed by atoms with Crippen LogP contribution < -0.4 is 0 Å². The molecule has 8 heteroatoms. The first-order chi connectivity index (χ1) is 9.37. The zero-order valence-electron chi connectivity index (χ0n) is 14.5. The second-order valence-electron chi connectivity index (χ2n) is 7.13. The quantitative estimate of drug-likeness (QED) is 0.225. The van der Waals surface area contributed by atoms with E-state index in [1.54, 1.807) is 10.8 Å². The molecule has 21 heavy (non-hydrogen) atoms. The molecule has 0 aromatic heterocycles. The van der Waals surface area contributed by atoms with Crippen molar-refractivity contribution in [2.75, 3.05) is 13.3 Å². The van der Waals surface area contributed by atoms with E-state index in [0.29, 0.717) is 12.6 Å². The lowest BCUT2D eigenvalue weighted by Gasteiger charge is -2.30. The van der Waals surface area contributed by atoms with Crippen LogP contribution in [0.1, 0.15) is 25.7 Å². The summed E-state index contributed by atoms with van der Waals surface area (Å²) in [5.74, 6) is -0.173. The molecular formula is C13H31O4PSSi2. The average Bonchev–Trinajstić information content (AvgIpc) is 2.22. The van der Waals surface area contributed by atoms with Crippen LogP contribution in [0.2, 0.25) is 39.3 Å². The summed E-state index contributed by atoms with van der Waals surface area (Å²) in [6, 6.07) is 0. The van der Waals surface area contributed by atoms with Gasteiger partial charge in [0.1, 0.15) is 7.22 Å². The number of hydrogen-bond donors (Lipinski definition) is 0. The summed E-state index contributed by atoms with van der Waals surface area (Å²) in [6.07, 6.45) is 3.58. The van der Waals surface area contributed by atoms with Crippen molar-refractivity contribution >= 4 is 38.9 Å². The molecule has 0 radical (unpaired) electrons. The van der Waals surface area contributed by atoms with Gasteiger partial charge in [0.25, 0.3) is 0 Å². The van der Waals surface area contributed by atoms with Crippen LogP contribution in [0.5, 0.6) is 0 Å². The van der Waals surface area contributed by atoms with E-state index in [2.05, 4.69) is 44.0 Å². The maximum Gasteiger partial charge on any atom is 0.305 e. The summed E-state index contributed by atoms with van der Waals surface area (Å²) in [5, 5.41) is 0. The van der Waals surface area contributed by atoms with Crippen molar-refractivity contribution in [3.05, 3.63) is 0 Å². The van der Waals surface area contributed by atoms with Crippen molar-refractivity contribution in [2.24, 2.45) is 0 Å². The third-order valence-electron chi connectivity index (χ3n) is 2.37. The molecule has 0 saturated carbocycles. The van der Waals surface area contributed by atoms with Gasteiger partial charge >= 0.3 is 5.97 Å². The second kappa shape index (κ2) is 8.92. The highest BCUT2D eigenvalue weighted by atomic mass is 32.9. The molecule has 0 aliphatic heterocycles. The van der Waals surface area contributed by atoms with Crippen molar-refractivity contribution in [2.45, 2.75) is 65.0 Å². The highest BCUT2D eigenvalue weighted by molar-refractivity contribution is 8.71. The van der Waals surface area contributed by atoms with Gasteiger partial charge in [-0.05, 0) is 32.5 Å². The summed E-state index contributed by atoms with van der Waals surface area (Å²) in [4.78, 5) is 11.1. The minimum Gasteiger partial charge on any atom is -0.469 e. The van der Waals surface area contributed by atoms with Gasteiger partial charge in [-0.3, -0.25) is 9.36 Å². The SMILES string of the molecule is COC(=O)CCCCCP(=O)(O[Si](C)(C)C)S[Si](C)(C)C. The Bertz CT molecular complexity index is 357. The van der Waals surface area contributed by atoms with Crippen LogP contribution >= 0.6 is 17.4 Å². The summed E-state index contributed by atoms with van der Waals surface area (Å²) >= 11 is 0. The predicted molar refractivity (Wildman–Crippen MR) is 98.3 cm³/mol. The van der Waals surface area contributed by atoms with Crippen molar-refractivity contribution in [1.82, 2.24) is 0 Å². The molecule has 0 N–H and O–H groups in total. The molecule has 0 aromatic carbocycles. The van der Waals surface area contributed by atoms with Crippen molar-refractivity contribution in [3.63, 3.8) is 0 Å². The van der Waals surface area contributed by atoms with Crippen LogP contribution in [-0.4, -0.2) is 34.8 Å². The Morgan fingerprint density at radius 2 is 1.62 bits per heavy atom. The molecule has 0 heterocycles. The lowest BCUT2D eigenvalue weighted by atomic mass is 10.2. The standard InChI is InChI=1S/C13H31O4PSSi2/c1-16-13(14)11-9-8-10-12-18(15,17-20(2,3)4)19-21(5,6)7/h8-12H2,1-7H3. The van der Waals surface area contributed by atoms with E-state index in [1.165, 1.54) is 7.11 Å². The largest absolute Gasteiger partial charge is 0.469 e. The molecule has 0 bridgehead atoms. The predicted octanol–water partition coefficient (Wildman–Crippen LogP) is 5.33. The highest BCUT2D eigenvalue weighted by Crippen LogP contribution is 2.64. The lowest BCUT2D eigenvalue weighted by molar-refractivity contribution is -0.140. The van der Waals surface area contributed by atoms with Gasteiger partial charge in [-0.25, -0.2) is 0 Å². The normalized spacial score (nSPS) is 15.6. The Labute approximate surface area is 135 Å². The van der Waals surface area contributed by atoms with Crippen LogP contribution in [0.25, 0.3) is 0 Å². The maximum absolute atomic E-state index is 13.1. The number of esters is 1. The van der Waals surface area contributed by atoms with Gasteiger partial charge in [0.15, 0.2) is 8.32 Å². The fraction of sp³-hybridized carbons (Fsp3) is 0.923. The Balaban J connectivity index is 4.42. The highest BCUT2D eigenvalue weighted by Gasteiger charge is 2.35. The van der Waals surface area contributed by atoms with Gasteiger partial charge in [0.05, 0.1) is 7.11 Å². The van der Waals surface area contributed by atoms with Crippen LogP contribution in [0, 0.1) is 0 Å². The first-order valence-corrected chi connectivity index (χ1v) is 18.3. The van der Waals surface area contributed by atoms with E-state index in [1.807, 2.05) is 0 Å². The zero-order chi connectivity index (χ0) is 16.7. The topological polar surface area (TPSA) is 52.6 Å². The van der Waals surface area contributed by atoms with Gasteiger partial charge in [-0.2, -0.15) is 0 Å². The third-order valence-corrected chi connectivity index (χ3v) is 18.5. The Morgan fingerprint density at radius 1 is 1.05 bits per heavy atom. The minimum absolute atomic E-state index is 0.173. The van der Waals surface area contributed by atoms with Crippen molar-refractivity contribution in [1.29, 1.82) is 0 Å². The molecule has 0 spiro atoms. The summed E-state index contributed by atoms with van der Waals surface area (Å²) < 4.78 is 23.8. The van der Waals surface area contributed by atoms with E-state index in [9.17, 15) is 9.36 Å². The van der Waals surface area contributed by atoms with Gasteiger partial charge in [0, 0.05) is 12.6 Å². The third kappa shape index (κ3) is 12.7. The lowest BCUT2D eigenvalue weighted by Crippen LogP contribution is -2.25. The van der Waals surface area contributed by atoms with E-state index in [4.69, 9.17) is 4.21 Å². The first kappa shape index (κ1) is 21.4. The maximum atomic E-state index is 13.1. The number of carbonyl (C=O) groups is 1. The number of unbranched alkanes of at least 4 members (excludes halogenated alkanes) is 2. The molecule has 1 atom stereocenters. The summed E-state index contributed by atoms with van der Waals surface area (Å²) in [7, 11) is -0.307. The molecule has 0 saturated heterocycles. The molecule has 0 fully saturated rings. The van der Waals surface area contributed by atoms with Crippen LogP contribution in [0.3, 0.4) is 0 Å². The zero-order valence-corrected chi connectivity index (χ0v) is 18.2. The van der Waals surface area contributed by atoms with Crippen molar-refractivity contribution in [3.8, 4) is 0 Å². The Hall–Kier alpha value is 0.444. The molecule has 0 aliphatic carbocycles. The molecule has 0 aliphatic rings. The molecule has 0 rings (SSSR count). The monoisotopic (exact) mass is 370 g/mol. The van der Waals surface area contributed by atoms with Crippen LogP contribution in [-0.2, 0) is 18.3 Å². The van der Waals surface area contributed by atoms with E-state index in [0.717, 1.165) is 19.3 Å². The number of carbonyl (C=O) groups excluding carboxylic acids is 1. The smallest absolute Gasteiger partial charge is 0.305 e. The van der Waals surface area contributed by atoms with E-state index < -0.39 is 22.1 Å². The van der Waals surface area contributed by atoms with Gasteiger partial charge < -0.3 is 8.95 Å². The molecule has 126 valence electrons. The van der Waals surface area contributed by atoms with Crippen LogP contribution in [0.4, 0.5) is 0 Å². The van der Waals surface area contributed by atoms with Gasteiger partial charge in [-0.1, -0.05) is 36.9 Å². The fourth-order valence-corrected chi connectivity index (χ4v) is 22.0. The van der Waals surface area contributed by atoms with Crippen molar-refractivity contribution < 1.29 is 18.3 Å². The Kier molecular flexibility index (Phi) is 9.10. The number of ether oxygens (including phenoxy) is 1. The van der Waals surface area contributed by atoms with E-state index in [-0.39, 0.29) is 5.97 Å². The Morgan fingerprint density at radius 3 is 2.05 bits per heavy atom. The molecular weight excluding hydrogens is 339 g/mol. The number of methoxy groups -OCH3 is 1.